The number of nitrogens with zero attached hydrogens (tertiary/aromatic N) is 6. The van der Waals surface area contributed by atoms with Crippen LogP contribution in [0.2, 0.25) is 0 Å². The van der Waals surface area contributed by atoms with E-state index in [1.165, 1.54) is 25.5 Å². The van der Waals surface area contributed by atoms with Gasteiger partial charge in [-0.15, -0.1) is 0 Å². The van der Waals surface area contributed by atoms with Crippen LogP contribution in [0.5, 0.6) is 0 Å². The van der Waals surface area contributed by atoms with Gasteiger partial charge in [-0.25, -0.2) is 14.4 Å². The maximum absolute atomic E-state index is 14.6. The fourth-order valence-electron chi connectivity index (χ4n) is 6.77. The van der Waals surface area contributed by atoms with Crippen LogP contribution in [0.4, 0.5) is 21.6 Å². The lowest BCUT2D eigenvalue weighted by molar-refractivity contribution is -0.135. The van der Waals surface area contributed by atoms with Crippen molar-refractivity contribution >= 4 is 34.1 Å². The summed E-state index contributed by atoms with van der Waals surface area (Å²) in [4.78, 5) is 31.4. The molecule has 1 aromatic carbocycles. The molecular formula is C32H36FN7O2. The van der Waals surface area contributed by atoms with E-state index < -0.39 is 11.4 Å². The summed E-state index contributed by atoms with van der Waals surface area (Å²) in [5.74, 6) is -0.278. The van der Waals surface area contributed by atoms with Gasteiger partial charge >= 0.3 is 0 Å². The largest absolute Gasteiger partial charge is 0.375 e. The van der Waals surface area contributed by atoms with Gasteiger partial charge in [0.1, 0.15) is 5.52 Å². The minimum absolute atomic E-state index is 0.0523. The highest BCUT2D eigenvalue weighted by Gasteiger charge is 2.51. The van der Waals surface area contributed by atoms with E-state index in [2.05, 4.69) is 34.0 Å². The molecular weight excluding hydrogens is 533 g/mol. The Balaban J connectivity index is 1.27. The fourth-order valence-corrected chi connectivity index (χ4v) is 6.77. The number of likely N-dealkylation sites (tertiary alicyclic amines) is 1. The van der Waals surface area contributed by atoms with Gasteiger partial charge in [0.2, 0.25) is 0 Å². The molecule has 1 unspecified atom stereocenters. The number of hydrogen-bond donors (Lipinski definition) is 2. The molecule has 0 bridgehead atoms. The first-order valence-corrected chi connectivity index (χ1v) is 14.9. The van der Waals surface area contributed by atoms with Crippen LogP contribution in [0.3, 0.4) is 0 Å². The predicted molar refractivity (Wildman–Crippen MR) is 160 cm³/mol. The summed E-state index contributed by atoms with van der Waals surface area (Å²) in [6.45, 7) is 7.96. The number of pyridine rings is 2. The number of imidazole rings is 1. The highest BCUT2D eigenvalue weighted by Crippen LogP contribution is 2.47. The molecule has 9 nitrogen and oxygen atoms in total. The quantitative estimate of drug-likeness (QED) is 0.315. The van der Waals surface area contributed by atoms with Gasteiger partial charge in [-0.05, 0) is 77.7 Å². The number of halogens is 1. The standard InChI is InChI=1S/C32H36FN7O2/c1-19(2)39-18-35-27-16-26(37-30(29(27)39)36-25-9-10-34-17-24(25)33)20-7-8-23-28(13-20)40(31(41)32(23,3)42)22-14-21(15-22)38-11-5-4-6-12-38/h7-10,13,16-19,21-22,42H,4-6,11-12,14-15H2,1-3H3,(H,34,36,37). The molecule has 218 valence electrons. The topological polar surface area (TPSA) is 99.4 Å². The van der Waals surface area contributed by atoms with Gasteiger partial charge in [-0.1, -0.05) is 18.6 Å². The third kappa shape index (κ3) is 4.35. The number of carbonyl (C=O) groups is 1. The average Bonchev–Trinajstić information content (AvgIpc) is 3.47. The minimum Gasteiger partial charge on any atom is -0.375 e. The van der Waals surface area contributed by atoms with Crippen LogP contribution in [0.15, 0.2) is 49.1 Å². The van der Waals surface area contributed by atoms with Gasteiger partial charge in [0, 0.05) is 35.4 Å². The van der Waals surface area contributed by atoms with E-state index in [1.807, 2.05) is 33.7 Å². The van der Waals surface area contributed by atoms with Gasteiger partial charge in [-0.3, -0.25) is 9.78 Å². The van der Waals surface area contributed by atoms with Crippen molar-refractivity contribution in [1.29, 1.82) is 0 Å². The first-order chi connectivity index (χ1) is 20.2. The number of nitrogens with one attached hydrogen (secondary N) is 1. The van der Waals surface area contributed by atoms with Gasteiger partial charge < -0.3 is 24.8 Å². The Morgan fingerprint density at radius 1 is 1.10 bits per heavy atom. The van der Waals surface area contributed by atoms with Crippen LogP contribution in [-0.4, -0.2) is 60.6 Å². The lowest BCUT2D eigenvalue weighted by Crippen LogP contribution is -2.57. The zero-order chi connectivity index (χ0) is 29.2. The predicted octanol–water partition coefficient (Wildman–Crippen LogP) is 5.53. The van der Waals surface area contributed by atoms with Crippen molar-refractivity contribution in [3.63, 3.8) is 0 Å². The number of benzene rings is 1. The van der Waals surface area contributed by atoms with E-state index in [1.54, 1.807) is 19.3 Å². The summed E-state index contributed by atoms with van der Waals surface area (Å²) in [5, 5.41) is 14.4. The van der Waals surface area contributed by atoms with Gasteiger partial charge in [0.05, 0.1) is 35.1 Å². The number of anilines is 3. The first kappa shape index (κ1) is 27.0. The Morgan fingerprint density at radius 2 is 1.88 bits per heavy atom. The highest BCUT2D eigenvalue weighted by molar-refractivity contribution is 6.08. The van der Waals surface area contributed by atoms with E-state index in [0.29, 0.717) is 23.1 Å². The maximum atomic E-state index is 14.6. The van der Waals surface area contributed by atoms with Crippen LogP contribution >= 0.6 is 0 Å². The lowest BCUT2D eigenvalue weighted by Gasteiger charge is -2.47. The molecule has 1 atom stereocenters. The Kier molecular flexibility index (Phi) is 6.51. The zero-order valence-electron chi connectivity index (χ0n) is 24.2. The van der Waals surface area contributed by atoms with E-state index in [-0.39, 0.29) is 23.7 Å². The van der Waals surface area contributed by atoms with Gasteiger partial charge in [-0.2, -0.15) is 0 Å². The number of aliphatic hydroxyl groups is 1. The summed E-state index contributed by atoms with van der Waals surface area (Å²) in [6.07, 6.45) is 10.1. The van der Waals surface area contributed by atoms with Crippen molar-refractivity contribution < 1.29 is 14.3 Å². The molecule has 2 fully saturated rings. The molecule has 0 spiro atoms. The number of aromatic nitrogens is 4. The number of amides is 1. The van der Waals surface area contributed by atoms with Crippen LogP contribution < -0.4 is 10.2 Å². The van der Waals surface area contributed by atoms with E-state index >= 15 is 0 Å². The molecule has 2 aliphatic heterocycles. The Morgan fingerprint density at radius 3 is 2.62 bits per heavy atom. The molecule has 1 saturated carbocycles. The molecule has 1 saturated heterocycles. The fraction of sp³-hybridized carbons (Fsp3) is 0.438. The van der Waals surface area contributed by atoms with E-state index in [9.17, 15) is 14.3 Å². The van der Waals surface area contributed by atoms with Crippen LogP contribution in [0, 0.1) is 5.82 Å². The van der Waals surface area contributed by atoms with Crippen molar-refractivity contribution in [2.75, 3.05) is 23.3 Å². The van der Waals surface area contributed by atoms with Crippen LogP contribution in [0.25, 0.3) is 22.3 Å². The lowest BCUT2D eigenvalue weighted by atomic mass is 9.83. The third-order valence-electron chi connectivity index (χ3n) is 9.21. The highest BCUT2D eigenvalue weighted by atomic mass is 19.1. The Bertz CT molecular complexity index is 1670. The number of carbonyl (C=O) groups excluding carboxylic acids is 1. The molecule has 1 aliphatic carbocycles. The number of rotatable bonds is 6. The molecule has 2 N–H and O–H groups in total. The summed E-state index contributed by atoms with van der Waals surface area (Å²) in [5.41, 5.74) is 2.93. The molecule has 3 aromatic heterocycles. The second-order valence-corrected chi connectivity index (χ2v) is 12.3. The summed E-state index contributed by atoms with van der Waals surface area (Å²) >= 11 is 0. The van der Waals surface area contributed by atoms with Crippen molar-refractivity contribution in [2.24, 2.45) is 0 Å². The minimum atomic E-state index is -1.58. The van der Waals surface area contributed by atoms with Crippen molar-refractivity contribution in [2.45, 2.75) is 76.6 Å². The number of piperidine rings is 1. The first-order valence-electron chi connectivity index (χ1n) is 14.9. The number of fused-ring (bicyclic) bond motifs is 2. The van der Waals surface area contributed by atoms with Gasteiger partial charge in [0.25, 0.3) is 5.91 Å². The molecule has 5 heterocycles. The normalized spacial score (nSPS) is 24.3. The average molecular weight is 570 g/mol. The van der Waals surface area contributed by atoms with E-state index in [4.69, 9.17) is 4.98 Å². The van der Waals surface area contributed by atoms with Crippen molar-refractivity contribution in [3.8, 4) is 11.3 Å². The summed E-state index contributed by atoms with van der Waals surface area (Å²) in [7, 11) is 0. The zero-order valence-corrected chi connectivity index (χ0v) is 24.2. The molecule has 42 heavy (non-hydrogen) atoms. The monoisotopic (exact) mass is 569 g/mol. The SMILES string of the molecule is CC(C)n1cnc2cc(-c3ccc4c(c3)N(C3CC(N5CCCCC5)C3)C(=O)C4(C)O)nc(Nc3ccncc3F)c21. The smallest absolute Gasteiger partial charge is 0.263 e. The Labute approximate surface area is 244 Å². The number of hydrogen-bond acceptors (Lipinski definition) is 7. The molecule has 7 rings (SSSR count). The Hall–Kier alpha value is -3.89. The van der Waals surface area contributed by atoms with Crippen LogP contribution in [-0.2, 0) is 10.4 Å². The van der Waals surface area contributed by atoms with Gasteiger partial charge in [0.15, 0.2) is 17.2 Å². The summed E-state index contributed by atoms with van der Waals surface area (Å²) < 4.78 is 16.6. The molecule has 3 aliphatic rings. The van der Waals surface area contributed by atoms with Crippen molar-refractivity contribution in [3.05, 3.63) is 60.4 Å². The van der Waals surface area contributed by atoms with Crippen molar-refractivity contribution in [1.82, 2.24) is 24.4 Å². The molecule has 4 aromatic rings. The second kappa shape index (κ2) is 10.1. The summed E-state index contributed by atoms with van der Waals surface area (Å²) in [6, 6.07) is 9.81. The van der Waals surface area contributed by atoms with E-state index in [0.717, 1.165) is 54.4 Å². The second-order valence-electron chi connectivity index (χ2n) is 12.3. The molecule has 1 amide bonds. The molecule has 10 heteroatoms. The third-order valence-corrected chi connectivity index (χ3v) is 9.21. The van der Waals surface area contributed by atoms with Crippen LogP contribution in [0.1, 0.15) is 64.5 Å². The molecule has 0 radical (unpaired) electrons. The maximum Gasteiger partial charge on any atom is 0.263 e.